The Bertz CT molecular complexity index is 348. The van der Waals surface area contributed by atoms with Gasteiger partial charge in [-0.1, -0.05) is 22.9 Å². The number of benzene rings is 1. The van der Waals surface area contributed by atoms with E-state index in [0.717, 1.165) is 30.4 Å². The predicted molar refractivity (Wildman–Crippen MR) is 79.7 cm³/mol. The van der Waals surface area contributed by atoms with E-state index in [1.54, 1.807) is 0 Å². The molecule has 0 aromatic heterocycles. The maximum Gasteiger partial charge on any atom is 0.0399 e. The summed E-state index contributed by atoms with van der Waals surface area (Å²) >= 11 is 3.54. The lowest BCUT2D eigenvalue weighted by atomic mass is 10.0. The van der Waals surface area contributed by atoms with Crippen LogP contribution in [0.5, 0.6) is 0 Å². The summed E-state index contributed by atoms with van der Waals surface area (Å²) in [4.78, 5) is 2.38. The molecule has 0 amide bonds. The monoisotopic (exact) mass is 298 g/mol. The van der Waals surface area contributed by atoms with Gasteiger partial charge in [-0.05, 0) is 50.5 Å². The fraction of sp³-hybridized carbons (Fsp3) is 0.571. The maximum atomic E-state index is 6.07. The van der Waals surface area contributed by atoms with Crippen molar-refractivity contribution < 1.29 is 0 Å². The highest BCUT2D eigenvalue weighted by molar-refractivity contribution is 9.10. The number of rotatable bonds is 6. The van der Waals surface area contributed by atoms with Gasteiger partial charge >= 0.3 is 0 Å². The second kappa shape index (κ2) is 7.02. The standard InChI is InChI=1S/C14H23BrN2/c1-4-13(16)10-11-9-12(15)7-8-14(11)17(5-2)6-3/h7-9,13H,4-6,10,16H2,1-3H3. The van der Waals surface area contributed by atoms with Crippen molar-refractivity contribution in [2.75, 3.05) is 18.0 Å². The van der Waals surface area contributed by atoms with E-state index in [2.05, 4.69) is 59.8 Å². The quantitative estimate of drug-likeness (QED) is 0.870. The van der Waals surface area contributed by atoms with Crippen molar-refractivity contribution in [2.24, 2.45) is 5.73 Å². The third kappa shape index (κ3) is 4.00. The van der Waals surface area contributed by atoms with Gasteiger partial charge in [-0.25, -0.2) is 0 Å². The van der Waals surface area contributed by atoms with Crippen LogP contribution < -0.4 is 10.6 Å². The van der Waals surface area contributed by atoms with Crippen LogP contribution in [0.2, 0.25) is 0 Å². The van der Waals surface area contributed by atoms with Crippen LogP contribution in [0.15, 0.2) is 22.7 Å². The van der Waals surface area contributed by atoms with Crippen molar-refractivity contribution in [2.45, 2.75) is 39.7 Å². The number of hydrogen-bond acceptors (Lipinski definition) is 2. The first-order valence-electron chi connectivity index (χ1n) is 6.41. The Morgan fingerprint density at radius 1 is 1.24 bits per heavy atom. The zero-order chi connectivity index (χ0) is 12.8. The van der Waals surface area contributed by atoms with Crippen LogP contribution in [0.1, 0.15) is 32.8 Å². The molecule has 3 heteroatoms. The molecule has 1 aromatic rings. The van der Waals surface area contributed by atoms with Gasteiger partial charge in [0.25, 0.3) is 0 Å². The molecule has 0 spiro atoms. The molecule has 0 heterocycles. The van der Waals surface area contributed by atoms with Gasteiger partial charge in [0.2, 0.25) is 0 Å². The fourth-order valence-corrected chi connectivity index (χ4v) is 2.43. The normalized spacial score (nSPS) is 12.5. The first-order valence-corrected chi connectivity index (χ1v) is 7.20. The van der Waals surface area contributed by atoms with Gasteiger partial charge in [0.1, 0.15) is 0 Å². The van der Waals surface area contributed by atoms with Gasteiger partial charge in [-0.2, -0.15) is 0 Å². The molecule has 96 valence electrons. The minimum Gasteiger partial charge on any atom is -0.372 e. The van der Waals surface area contributed by atoms with Gasteiger partial charge in [-0.3, -0.25) is 0 Å². The molecule has 1 aromatic carbocycles. The van der Waals surface area contributed by atoms with E-state index in [1.807, 2.05) is 0 Å². The van der Waals surface area contributed by atoms with E-state index in [0.29, 0.717) is 0 Å². The molecule has 0 aliphatic heterocycles. The van der Waals surface area contributed by atoms with Crippen LogP contribution in [0, 0.1) is 0 Å². The molecule has 0 saturated heterocycles. The van der Waals surface area contributed by atoms with Crippen molar-refractivity contribution in [1.29, 1.82) is 0 Å². The van der Waals surface area contributed by atoms with Crippen LogP contribution in [0.3, 0.4) is 0 Å². The molecule has 1 atom stereocenters. The smallest absolute Gasteiger partial charge is 0.0399 e. The van der Waals surface area contributed by atoms with Crippen molar-refractivity contribution in [1.82, 2.24) is 0 Å². The average molecular weight is 299 g/mol. The molecule has 0 radical (unpaired) electrons. The molecule has 0 aliphatic rings. The lowest BCUT2D eigenvalue weighted by Crippen LogP contribution is -2.26. The first-order chi connectivity index (χ1) is 8.12. The topological polar surface area (TPSA) is 29.3 Å². The Morgan fingerprint density at radius 3 is 2.41 bits per heavy atom. The maximum absolute atomic E-state index is 6.07. The van der Waals surface area contributed by atoms with Crippen LogP contribution >= 0.6 is 15.9 Å². The third-order valence-electron chi connectivity index (χ3n) is 3.15. The lowest BCUT2D eigenvalue weighted by Gasteiger charge is -2.25. The van der Waals surface area contributed by atoms with Gasteiger partial charge < -0.3 is 10.6 Å². The van der Waals surface area contributed by atoms with E-state index in [9.17, 15) is 0 Å². The summed E-state index contributed by atoms with van der Waals surface area (Å²) < 4.78 is 1.13. The highest BCUT2D eigenvalue weighted by Gasteiger charge is 2.11. The fourth-order valence-electron chi connectivity index (χ4n) is 2.02. The molecule has 2 nitrogen and oxygen atoms in total. The van der Waals surface area contributed by atoms with E-state index in [1.165, 1.54) is 11.3 Å². The number of anilines is 1. The van der Waals surface area contributed by atoms with Crippen molar-refractivity contribution in [3.8, 4) is 0 Å². The summed E-state index contributed by atoms with van der Waals surface area (Å²) in [6.45, 7) is 8.59. The van der Waals surface area contributed by atoms with Crippen LogP contribution in [0.25, 0.3) is 0 Å². The molecular weight excluding hydrogens is 276 g/mol. The van der Waals surface area contributed by atoms with Crippen molar-refractivity contribution in [3.63, 3.8) is 0 Å². The van der Waals surface area contributed by atoms with Crippen molar-refractivity contribution in [3.05, 3.63) is 28.2 Å². The summed E-state index contributed by atoms with van der Waals surface area (Å²) in [6.07, 6.45) is 1.96. The van der Waals surface area contributed by atoms with Gasteiger partial charge in [-0.15, -0.1) is 0 Å². The largest absolute Gasteiger partial charge is 0.372 e. The summed E-state index contributed by atoms with van der Waals surface area (Å²) in [7, 11) is 0. The zero-order valence-corrected chi connectivity index (χ0v) is 12.6. The van der Waals surface area contributed by atoms with Crippen molar-refractivity contribution >= 4 is 21.6 Å². The van der Waals surface area contributed by atoms with Crippen LogP contribution in [0.4, 0.5) is 5.69 Å². The molecule has 0 fully saturated rings. The Morgan fingerprint density at radius 2 is 1.88 bits per heavy atom. The minimum atomic E-state index is 0.249. The molecule has 1 rings (SSSR count). The first kappa shape index (κ1) is 14.5. The Kier molecular flexibility index (Phi) is 6.00. The zero-order valence-electron chi connectivity index (χ0n) is 11.0. The summed E-state index contributed by atoms with van der Waals surface area (Å²) in [5.41, 5.74) is 8.74. The van der Waals surface area contributed by atoms with E-state index in [-0.39, 0.29) is 6.04 Å². The molecule has 0 saturated carbocycles. The number of halogens is 1. The molecule has 1 unspecified atom stereocenters. The predicted octanol–water partition coefficient (Wildman–Crippen LogP) is 3.58. The third-order valence-corrected chi connectivity index (χ3v) is 3.65. The molecule has 0 aliphatic carbocycles. The van der Waals surface area contributed by atoms with E-state index >= 15 is 0 Å². The molecular formula is C14H23BrN2. The van der Waals surface area contributed by atoms with Gasteiger partial charge in [0, 0.05) is 29.3 Å². The Balaban J connectivity index is 3.02. The summed E-state index contributed by atoms with van der Waals surface area (Å²) in [5.74, 6) is 0. The molecule has 17 heavy (non-hydrogen) atoms. The average Bonchev–Trinajstić information content (AvgIpc) is 2.33. The van der Waals surface area contributed by atoms with Gasteiger partial charge in [0.15, 0.2) is 0 Å². The minimum absolute atomic E-state index is 0.249. The molecule has 0 bridgehead atoms. The van der Waals surface area contributed by atoms with E-state index in [4.69, 9.17) is 5.73 Å². The summed E-state index contributed by atoms with van der Waals surface area (Å²) in [5, 5.41) is 0. The van der Waals surface area contributed by atoms with Crippen LogP contribution in [-0.2, 0) is 6.42 Å². The number of hydrogen-bond donors (Lipinski definition) is 1. The number of nitrogens with zero attached hydrogens (tertiary/aromatic N) is 1. The molecule has 2 N–H and O–H groups in total. The lowest BCUT2D eigenvalue weighted by molar-refractivity contribution is 0.644. The number of nitrogens with two attached hydrogens (primary N) is 1. The highest BCUT2D eigenvalue weighted by Crippen LogP contribution is 2.25. The van der Waals surface area contributed by atoms with E-state index < -0.39 is 0 Å². The second-order valence-corrected chi connectivity index (χ2v) is 5.23. The Labute approximate surface area is 113 Å². The van der Waals surface area contributed by atoms with Gasteiger partial charge in [0.05, 0.1) is 0 Å². The summed E-state index contributed by atoms with van der Waals surface area (Å²) in [6, 6.07) is 6.74. The highest BCUT2D eigenvalue weighted by atomic mass is 79.9. The van der Waals surface area contributed by atoms with Crippen LogP contribution in [-0.4, -0.2) is 19.1 Å². The second-order valence-electron chi connectivity index (χ2n) is 4.32. The SMILES string of the molecule is CCC(N)Cc1cc(Br)ccc1N(CC)CC. The Hall–Kier alpha value is -0.540.